The van der Waals surface area contributed by atoms with Crippen LogP contribution in [0.2, 0.25) is 0 Å². The molecule has 0 aromatic carbocycles. The average Bonchev–Trinajstić information content (AvgIpc) is 2.08. The van der Waals surface area contributed by atoms with Gasteiger partial charge >= 0.3 is 0 Å². The fraction of sp³-hybridized carbons (Fsp3) is 1.00. The van der Waals surface area contributed by atoms with Crippen molar-refractivity contribution in [2.24, 2.45) is 0 Å². The van der Waals surface area contributed by atoms with Crippen LogP contribution in [0, 0.1) is 0 Å². The lowest BCUT2D eigenvalue weighted by Crippen LogP contribution is -2.58. The molecule has 1 fully saturated rings. The van der Waals surface area contributed by atoms with Crippen molar-refractivity contribution in [3.05, 3.63) is 0 Å². The zero-order chi connectivity index (χ0) is 9.30. The molecular weight excluding hydrogens is 168 g/mol. The Morgan fingerprint density at radius 1 is 1.08 bits per heavy atom. The highest BCUT2D eigenvalue weighted by Gasteiger charge is 2.43. The molecule has 1 aliphatic heterocycles. The lowest BCUT2D eigenvalue weighted by Gasteiger charge is -2.36. The summed E-state index contributed by atoms with van der Waals surface area (Å²) in [5.41, 5.74) is 0. The third kappa shape index (κ3) is 1.58. The summed E-state index contributed by atoms with van der Waals surface area (Å²) in [6.07, 6.45) is -7.57. The van der Waals surface area contributed by atoms with E-state index in [1.807, 2.05) is 0 Å². The highest BCUT2D eigenvalue weighted by molar-refractivity contribution is 4.87. The highest BCUT2D eigenvalue weighted by Crippen LogP contribution is 2.19. The van der Waals surface area contributed by atoms with Crippen LogP contribution in [0.5, 0.6) is 0 Å². The smallest absolute Gasteiger partial charge is 0.220 e. The van der Waals surface area contributed by atoms with Gasteiger partial charge in [-0.1, -0.05) is 0 Å². The van der Waals surface area contributed by atoms with Crippen LogP contribution in [0.1, 0.15) is 0 Å². The van der Waals surface area contributed by atoms with Crippen LogP contribution in [0.25, 0.3) is 0 Å². The molecule has 1 saturated heterocycles. The predicted molar refractivity (Wildman–Crippen MR) is 34.5 cm³/mol. The Kier molecular flexibility index (Phi) is 2.99. The fourth-order valence-electron chi connectivity index (χ4n) is 1.07. The van der Waals surface area contributed by atoms with Crippen LogP contribution < -0.4 is 0 Å². The molecule has 0 aromatic heterocycles. The Morgan fingerprint density at radius 3 is 2.17 bits per heavy atom. The molecule has 6 heteroatoms. The van der Waals surface area contributed by atoms with Crippen molar-refractivity contribution in [2.45, 2.75) is 30.7 Å². The maximum absolute atomic E-state index is 10.7. The Bertz CT molecular complexity index is 146. The van der Waals surface area contributed by atoms with Gasteiger partial charge in [0.05, 0.1) is 6.61 Å². The molecule has 0 aliphatic carbocycles. The van der Waals surface area contributed by atoms with E-state index < -0.39 is 37.3 Å². The van der Waals surface area contributed by atoms with E-state index in [1.165, 1.54) is 0 Å². The number of aliphatic hydroxyl groups is 4. The van der Waals surface area contributed by atoms with Gasteiger partial charge in [-0.15, -0.1) is 0 Å². The summed E-state index contributed by atoms with van der Waals surface area (Å²) >= 11 is 0. The summed E-state index contributed by atoms with van der Waals surface area (Å²) in [5.74, 6) is 0. The van der Waals surface area contributed by atoms with E-state index in [9.17, 15) is 5.11 Å². The third-order valence-electron chi connectivity index (χ3n) is 1.85. The quantitative estimate of drug-likeness (QED) is 0.348. The predicted octanol–water partition coefficient (Wildman–Crippen LogP) is -2.78. The lowest BCUT2D eigenvalue weighted by molar-refractivity contribution is -0.303. The van der Waals surface area contributed by atoms with Gasteiger partial charge in [0.1, 0.15) is 24.4 Å². The first-order valence-electron chi connectivity index (χ1n) is 3.54. The standard InChI is InChI=1S/C6H11O6/c7-1-2-3(8)4(9)5(10)6(11)12-2/h2-10H,1H2/t2?,3-,4-,5+,6?/m1/s1. The summed E-state index contributed by atoms with van der Waals surface area (Å²) in [4.78, 5) is 0. The number of ether oxygens (including phenoxy) is 1. The van der Waals surface area contributed by atoms with Gasteiger partial charge in [0.25, 0.3) is 0 Å². The molecule has 0 amide bonds. The van der Waals surface area contributed by atoms with E-state index in [1.54, 1.807) is 0 Å². The minimum absolute atomic E-state index is 0.566. The molecule has 1 heterocycles. The van der Waals surface area contributed by atoms with Crippen molar-refractivity contribution in [3.8, 4) is 0 Å². The molecule has 1 radical (unpaired) electrons. The van der Waals surface area contributed by atoms with Crippen LogP contribution >= 0.6 is 0 Å². The first-order chi connectivity index (χ1) is 5.57. The van der Waals surface area contributed by atoms with Crippen LogP contribution in [0.4, 0.5) is 0 Å². The van der Waals surface area contributed by atoms with Gasteiger partial charge in [-0.05, 0) is 0 Å². The van der Waals surface area contributed by atoms with Crippen LogP contribution in [0.3, 0.4) is 0 Å². The molecule has 5 atom stereocenters. The molecule has 2 unspecified atom stereocenters. The largest absolute Gasteiger partial charge is 0.394 e. The Morgan fingerprint density at radius 2 is 1.67 bits per heavy atom. The summed E-state index contributed by atoms with van der Waals surface area (Å²) < 4.78 is 4.46. The Labute approximate surface area is 68.6 Å². The zero-order valence-electron chi connectivity index (χ0n) is 6.20. The second-order valence-corrected chi connectivity index (χ2v) is 2.70. The van der Waals surface area contributed by atoms with Gasteiger partial charge in [0, 0.05) is 0 Å². The van der Waals surface area contributed by atoms with Gasteiger partial charge < -0.3 is 25.2 Å². The van der Waals surface area contributed by atoms with Crippen molar-refractivity contribution in [1.82, 2.24) is 0 Å². The zero-order valence-corrected chi connectivity index (χ0v) is 6.20. The van der Waals surface area contributed by atoms with E-state index in [2.05, 4.69) is 4.74 Å². The fourth-order valence-corrected chi connectivity index (χ4v) is 1.07. The van der Waals surface area contributed by atoms with Crippen molar-refractivity contribution < 1.29 is 30.3 Å². The second kappa shape index (κ2) is 3.65. The topological polar surface area (TPSA) is 110 Å². The Balaban J connectivity index is 2.63. The van der Waals surface area contributed by atoms with E-state index in [-0.39, 0.29) is 0 Å². The van der Waals surface area contributed by atoms with Crippen LogP contribution in [-0.4, -0.2) is 57.7 Å². The SMILES string of the molecule is [O]C1OC(CO)[C@@H](O)[C@@H](O)[C@@H]1O. The number of hydrogen-bond donors (Lipinski definition) is 4. The van der Waals surface area contributed by atoms with Gasteiger partial charge in [-0.25, -0.2) is 0 Å². The third-order valence-corrected chi connectivity index (χ3v) is 1.85. The van der Waals surface area contributed by atoms with Gasteiger partial charge in [0.15, 0.2) is 0 Å². The van der Waals surface area contributed by atoms with E-state index in [0.717, 1.165) is 0 Å². The number of hydrogen-bond acceptors (Lipinski definition) is 5. The maximum Gasteiger partial charge on any atom is 0.220 e. The molecule has 0 saturated carbocycles. The first-order valence-corrected chi connectivity index (χ1v) is 3.54. The molecule has 1 rings (SSSR count). The molecule has 12 heavy (non-hydrogen) atoms. The number of aliphatic hydroxyl groups excluding tert-OH is 4. The van der Waals surface area contributed by atoms with Gasteiger partial charge in [-0.2, -0.15) is 5.11 Å². The highest BCUT2D eigenvalue weighted by atomic mass is 16.6. The monoisotopic (exact) mass is 179 g/mol. The van der Waals surface area contributed by atoms with Crippen molar-refractivity contribution in [3.63, 3.8) is 0 Å². The molecule has 1 aliphatic rings. The molecular formula is C6H11O6. The summed E-state index contributed by atoms with van der Waals surface area (Å²) in [5, 5.41) is 46.3. The lowest BCUT2D eigenvalue weighted by atomic mass is 10.00. The summed E-state index contributed by atoms with van der Waals surface area (Å²) in [7, 11) is 0. The molecule has 4 N–H and O–H groups in total. The molecule has 0 aromatic rings. The summed E-state index contributed by atoms with van der Waals surface area (Å²) in [6.45, 7) is -0.566. The van der Waals surface area contributed by atoms with E-state index in [0.29, 0.717) is 0 Å². The first kappa shape index (κ1) is 9.85. The van der Waals surface area contributed by atoms with E-state index >= 15 is 0 Å². The Hall–Kier alpha value is -0.240. The molecule has 0 bridgehead atoms. The number of rotatable bonds is 1. The van der Waals surface area contributed by atoms with Crippen molar-refractivity contribution in [2.75, 3.05) is 6.61 Å². The van der Waals surface area contributed by atoms with Crippen molar-refractivity contribution in [1.29, 1.82) is 0 Å². The normalized spacial score (nSPS) is 49.2. The molecule has 6 nitrogen and oxygen atoms in total. The van der Waals surface area contributed by atoms with Crippen LogP contribution in [0.15, 0.2) is 0 Å². The van der Waals surface area contributed by atoms with Crippen molar-refractivity contribution >= 4 is 0 Å². The minimum Gasteiger partial charge on any atom is -0.394 e. The van der Waals surface area contributed by atoms with E-state index in [4.69, 9.17) is 20.4 Å². The van der Waals surface area contributed by atoms with Crippen LogP contribution in [-0.2, 0) is 9.84 Å². The van der Waals surface area contributed by atoms with Gasteiger partial charge in [0.2, 0.25) is 6.29 Å². The average molecular weight is 179 g/mol. The minimum atomic E-state index is -1.82. The molecule has 71 valence electrons. The summed E-state index contributed by atoms with van der Waals surface area (Å²) in [6, 6.07) is 0. The molecule has 0 spiro atoms. The second-order valence-electron chi connectivity index (χ2n) is 2.70. The maximum atomic E-state index is 10.7. The van der Waals surface area contributed by atoms with Gasteiger partial charge in [-0.3, -0.25) is 0 Å².